The number of esters is 1. The van der Waals surface area contributed by atoms with Gasteiger partial charge in [-0.25, -0.2) is 4.57 Å². The second kappa shape index (κ2) is 48.0. The van der Waals surface area contributed by atoms with Crippen LogP contribution < -0.4 is 5.73 Å². The molecule has 9 heteroatoms. The average Bonchev–Trinajstić information content (AvgIpc) is 3.23. The molecule has 0 aliphatic heterocycles. The topological polar surface area (TPSA) is 117 Å². The number of unbranched alkanes of at least 4 members (excludes halogenated alkanes) is 32. The molecule has 0 spiro atoms. The molecule has 0 aromatic rings. The molecule has 0 fully saturated rings. The quantitative estimate of drug-likeness (QED) is 0.0269. The number of carbonyl (C=O) groups is 1. The molecule has 2 unspecified atom stereocenters. The summed E-state index contributed by atoms with van der Waals surface area (Å²) in [6, 6.07) is 0. The largest absolute Gasteiger partial charge is 0.472 e. The van der Waals surface area contributed by atoms with Crippen LogP contribution in [0, 0.1) is 0 Å². The molecule has 2 atom stereocenters. The summed E-state index contributed by atoms with van der Waals surface area (Å²) in [6.07, 6.45) is 54.9. The fourth-order valence-electron chi connectivity index (χ4n) is 7.38. The zero-order valence-electron chi connectivity index (χ0n) is 39.0. The predicted octanol–water partition coefficient (Wildman–Crippen LogP) is 15.6. The molecular formula is C50H98NO7P. The van der Waals surface area contributed by atoms with Crippen molar-refractivity contribution < 1.29 is 32.8 Å². The Kier molecular flexibility index (Phi) is 47.2. The van der Waals surface area contributed by atoms with Gasteiger partial charge in [0.2, 0.25) is 0 Å². The van der Waals surface area contributed by atoms with E-state index in [2.05, 4.69) is 38.2 Å². The smallest absolute Gasteiger partial charge is 0.457 e. The Morgan fingerprint density at radius 2 is 0.898 bits per heavy atom. The number of phosphoric ester groups is 1. The highest BCUT2D eigenvalue weighted by molar-refractivity contribution is 7.47. The summed E-state index contributed by atoms with van der Waals surface area (Å²) in [5.41, 5.74) is 5.39. The van der Waals surface area contributed by atoms with Crippen LogP contribution in [0.25, 0.3) is 0 Å². The molecule has 59 heavy (non-hydrogen) atoms. The molecule has 0 saturated carbocycles. The third kappa shape index (κ3) is 47.9. The van der Waals surface area contributed by atoms with Crippen LogP contribution >= 0.6 is 7.82 Å². The molecule has 8 nitrogen and oxygen atoms in total. The maximum Gasteiger partial charge on any atom is 0.472 e. The van der Waals surface area contributed by atoms with E-state index in [1.807, 2.05) is 0 Å². The van der Waals surface area contributed by atoms with Crippen molar-refractivity contribution in [2.24, 2.45) is 5.73 Å². The van der Waals surface area contributed by atoms with Gasteiger partial charge >= 0.3 is 13.8 Å². The second-order valence-corrected chi connectivity index (χ2v) is 18.5. The van der Waals surface area contributed by atoms with Gasteiger partial charge in [0.25, 0.3) is 0 Å². The van der Waals surface area contributed by atoms with Gasteiger partial charge in [-0.15, -0.1) is 0 Å². The van der Waals surface area contributed by atoms with Gasteiger partial charge in [0.05, 0.1) is 19.8 Å². The first-order chi connectivity index (χ1) is 28.9. The number of nitrogens with two attached hydrogens (primary N) is 1. The standard InChI is InChI=1S/C50H98NO7P/c1-3-5-7-9-11-13-15-17-19-21-23-24-25-26-28-30-32-34-36-38-40-42-45-55-47-49(48-57-59(53,54)56-46-44-51)58-50(52)43-41-39-37-35-33-31-29-27-22-20-18-16-14-12-10-8-6-4-2/h15,17,21,23,49H,3-14,16,18-20,22,24-48,51H2,1-2H3,(H,53,54)/b17-15-,23-21-. The molecule has 0 aliphatic carbocycles. The molecule has 350 valence electrons. The predicted molar refractivity (Wildman–Crippen MR) is 252 cm³/mol. The number of hydrogen-bond acceptors (Lipinski definition) is 7. The first kappa shape index (κ1) is 58.0. The summed E-state index contributed by atoms with van der Waals surface area (Å²) < 4.78 is 33.6. The van der Waals surface area contributed by atoms with Crippen molar-refractivity contribution in [3.05, 3.63) is 24.3 Å². The zero-order valence-corrected chi connectivity index (χ0v) is 39.9. The molecule has 0 radical (unpaired) electrons. The number of carbonyl (C=O) groups excluding carboxylic acids is 1. The van der Waals surface area contributed by atoms with E-state index in [1.54, 1.807) is 0 Å². The molecular weight excluding hydrogens is 758 g/mol. The van der Waals surface area contributed by atoms with Crippen LogP contribution in [-0.2, 0) is 27.9 Å². The normalized spacial score (nSPS) is 13.5. The highest BCUT2D eigenvalue weighted by atomic mass is 31.2. The molecule has 0 heterocycles. The Labute approximate surface area is 366 Å². The second-order valence-electron chi connectivity index (χ2n) is 17.0. The fourth-order valence-corrected chi connectivity index (χ4v) is 8.15. The Hall–Kier alpha value is -1.02. The minimum absolute atomic E-state index is 0.0935. The van der Waals surface area contributed by atoms with Crippen molar-refractivity contribution in [2.45, 2.75) is 258 Å². The lowest BCUT2D eigenvalue weighted by atomic mass is 10.0. The van der Waals surface area contributed by atoms with E-state index in [0.29, 0.717) is 13.0 Å². The number of phosphoric acid groups is 1. The van der Waals surface area contributed by atoms with Crippen molar-refractivity contribution in [3.8, 4) is 0 Å². The average molecular weight is 856 g/mol. The van der Waals surface area contributed by atoms with Crippen LogP contribution in [0.3, 0.4) is 0 Å². The Balaban J connectivity index is 3.92. The van der Waals surface area contributed by atoms with Crippen molar-refractivity contribution >= 4 is 13.8 Å². The molecule has 0 aromatic carbocycles. The summed E-state index contributed by atoms with van der Waals surface area (Å²) in [5.74, 6) is -0.326. The van der Waals surface area contributed by atoms with E-state index in [4.69, 9.17) is 24.3 Å². The molecule has 0 rings (SSSR count). The Bertz CT molecular complexity index is 962. The van der Waals surface area contributed by atoms with E-state index in [0.717, 1.165) is 38.5 Å². The minimum Gasteiger partial charge on any atom is -0.457 e. The third-order valence-electron chi connectivity index (χ3n) is 11.1. The Morgan fingerprint density at radius 3 is 1.32 bits per heavy atom. The van der Waals surface area contributed by atoms with Gasteiger partial charge < -0.3 is 20.1 Å². The van der Waals surface area contributed by atoms with Crippen LogP contribution in [0.2, 0.25) is 0 Å². The molecule has 0 amide bonds. The van der Waals surface area contributed by atoms with Gasteiger partial charge in [0.15, 0.2) is 0 Å². The van der Waals surface area contributed by atoms with E-state index in [9.17, 15) is 14.3 Å². The van der Waals surface area contributed by atoms with Crippen molar-refractivity contribution in [2.75, 3.05) is 33.0 Å². The molecule has 0 aromatic heterocycles. The SMILES string of the molecule is CCCCCCC/C=C\C/C=C\CCCCCCCCCCCCOCC(COP(=O)(O)OCCN)OC(=O)CCCCCCCCCCCCCCCCCCCC. The number of ether oxygens (including phenoxy) is 2. The maximum atomic E-state index is 12.6. The van der Waals surface area contributed by atoms with Crippen molar-refractivity contribution in [1.82, 2.24) is 0 Å². The first-order valence-electron chi connectivity index (χ1n) is 25.3. The monoisotopic (exact) mass is 856 g/mol. The van der Waals surface area contributed by atoms with Crippen LogP contribution in [0.15, 0.2) is 24.3 Å². The summed E-state index contributed by atoms with van der Waals surface area (Å²) in [4.78, 5) is 22.6. The van der Waals surface area contributed by atoms with Crippen molar-refractivity contribution in [3.63, 3.8) is 0 Å². The van der Waals surface area contributed by atoms with Gasteiger partial charge in [0.1, 0.15) is 6.10 Å². The molecule has 0 bridgehead atoms. The lowest BCUT2D eigenvalue weighted by Gasteiger charge is -2.20. The highest BCUT2D eigenvalue weighted by Gasteiger charge is 2.25. The van der Waals surface area contributed by atoms with Gasteiger partial charge in [-0.1, -0.05) is 224 Å². The number of allylic oxidation sites excluding steroid dienone is 4. The maximum absolute atomic E-state index is 12.6. The van der Waals surface area contributed by atoms with Crippen LogP contribution in [0.1, 0.15) is 251 Å². The van der Waals surface area contributed by atoms with Gasteiger partial charge in [0, 0.05) is 19.6 Å². The third-order valence-corrected chi connectivity index (χ3v) is 12.1. The lowest BCUT2D eigenvalue weighted by Crippen LogP contribution is -2.28. The number of rotatable bonds is 49. The summed E-state index contributed by atoms with van der Waals surface area (Å²) in [5, 5.41) is 0. The first-order valence-corrected chi connectivity index (χ1v) is 26.8. The summed E-state index contributed by atoms with van der Waals surface area (Å²) in [6.45, 7) is 4.96. The lowest BCUT2D eigenvalue weighted by molar-refractivity contribution is -0.154. The van der Waals surface area contributed by atoms with Crippen LogP contribution in [-0.4, -0.2) is 49.9 Å². The summed E-state index contributed by atoms with van der Waals surface area (Å²) >= 11 is 0. The van der Waals surface area contributed by atoms with E-state index < -0.39 is 13.9 Å². The zero-order chi connectivity index (χ0) is 43.0. The van der Waals surface area contributed by atoms with E-state index in [-0.39, 0.29) is 32.3 Å². The molecule has 0 saturated heterocycles. The Morgan fingerprint density at radius 1 is 0.508 bits per heavy atom. The summed E-state index contributed by atoms with van der Waals surface area (Å²) in [7, 11) is -4.28. The molecule has 0 aliphatic rings. The van der Waals surface area contributed by atoms with E-state index in [1.165, 1.54) is 193 Å². The van der Waals surface area contributed by atoms with Gasteiger partial charge in [-0.2, -0.15) is 0 Å². The fraction of sp³-hybridized carbons (Fsp3) is 0.900. The van der Waals surface area contributed by atoms with Gasteiger partial charge in [-0.05, 0) is 44.9 Å². The van der Waals surface area contributed by atoms with Crippen LogP contribution in [0.5, 0.6) is 0 Å². The minimum atomic E-state index is -4.28. The van der Waals surface area contributed by atoms with Crippen molar-refractivity contribution in [1.29, 1.82) is 0 Å². The van der Waals surface area contributed by atoms with E-state index >= 15 is 0 Å². The molecule has 3 N–H and O–H groups in total. The highest BCUT2D eigenvalue weighted by Crippen LogP contribution is 2.43. The van der Waals surface area contributed by atoms with Crippen LogP contribution in [0.4, 0.5) is 0 Å². The van der Waals surface area contributed by atoms with Gasteiger partial charge in [-0.3, -0.25) is 13.8 Å². The number of hydrogen-bond donors (Lipinski definition) is 2.